The first-order valence-electron chi connectivity index (χ1n) is 5.68. The Bertz CT molecular complexity index is 530. The second-order valence-electron chi connectivity index (χ2n) is 4.14. The van der Waals surface area contributed by atoms with E-state index < -0.39 is 0 Å². The predicted molar refractivity (Wildman–Crippen MR) is 74.7 cm³/mol. The summed E-state index contributed by atoms with van der Waals surface area (Å²) in [6, 6.07) is 5.98. The minimum atomic E-state index is -0.0118. The van der Waals surface area contributed by atoms with Gasteiger partial charge < -0.3 is 0 Å². The van der Waals surface area contributed by atoms with Crippen molar-refractivity contribution in [1.29, 1.82) is 0 Å². The monoisotopic (exact) mass is 306 g/mol. The highest BCUT2D eigenvalue weighted by atomic mass is 79.9. The maximum absolute atomic E-state index is 5.64. The third-order valence-corrected chi connectivity index (χ3v) is 3.22. The van der Waals surface area contributed by atoms with E-state index in [1.165, 1.54) is 0 Å². The van der Waals surface area contributed by atoms with Crippen molar-refractivity contribution in [3.8, 4) is 0 Å². The van der Waals surface area contributed by atoms with Gasteiger partial charge >= 0.3 is 0 Å². The van der Waals surface area contributed by atoms with E-state index in [1.807, 2.05) is 31.3 Å². The van der Waals surface area contributed by atoms with Crippen LogP contribution in [-0.4, -0.2) is 9.97 Å². The number of nitrogens with two attached hydrogens (primary N) is 1. The summed E-state index contributed by atoms with van der Waals surface area (Å²) in [6.07, 6.45) is 6.14. The van der Waals surface area contributed by atoms with Crippen LogP contribution in [0.15, 0.2) is 41.3 Å². The van der Waals surface area contributed by atoms with E-state index in [9.17, 15) is 0 Å². The first-order valence-corrected chi connectivity index (χ1v) is 6.47. The molecule has 1 unspecified atom stereocenters. The lowest BCUT2D eigenvalue weighted by Gasteiger charge is -2.17. The summed E-state index contributed by atoms with van der Waals surface area (Å²) in [5.74, 6) is 5.64. The average Bonchev–Trinajstić information content (AvgIpc) is 2.37. The quantitative estimate of drug-likeness (QED) is 0.672. The Balaban J connectivity index is 2.23. The Hall–Kier alpha value is -1.30. The van der Waals surface area contributed by atoms with Crippen LogP contribution >= 0.6 is 15.9 Å². The number of nitrogens with zero attached hydrogens (tertiary/aromatic N) is 2. The number of nitrogens with one attached hydrogen (secondary N) is 1. The Kier molecular flexibility index (Phi) is 4.41. The molecule has 0 aliphatic rings. The molecule has 0 bridgehead atoms. The molecule has 2 aromatic rings. The first kappa shape index (κ1) is 13.1. The topological polar surface area (TPSA) is 63.8 Å². The van der Waals surface area contributed by atoms with Gasteiger partial charge in [-0.2, -0.15) is 0 Å². The van der Waals surface area contributed by atoms with E-state index in [1.54, 1.807) is 12.4 Å². The highest BCUT2D eigenvalue weighted by Gasteiger charge is 2.14. The van der Waals surface area contributed by atoms with E-state index in [-0.39, 0.29) is 6.04 Å². The Morgan fingerprint density at radius 3 is 2.94 bits per heavy atom. The molecule has 0 aromatic carbocycles. The van der Waals surface area contributed by atoms with Crippen LogP contribution in [0.3, 0.4) is 0 Å². The Morgan fingerprint density at radius 2 is 2.28 bits per heavy atom. The molecular formula is C13H15BrN4. The summed E-state index contributed by atoms with van der Waals surface area (Å²) in [5.41, 5.74) is 6.03. The lowest BCUT2D eigenvalue weighted by atomic mass is 10.0. The maximum Gasteiger partial charge on any atom is 0.0675 e. The SMILES string of the molecule is Cc1cccnc1C(Cc1cncc(Br)c1)NN. The number of pyridine rings is 2. The van der Waals surface area contributed by atoms with Gasteiger partial charge in [-0.05, 0) is 52.5 Å². The number of hydrazine groups is 1. The van der Waals surface area contributed by atoms with E-state index in [0.717, 1.165) is 27.7 Å². The molecule has 0 radical (unpaired) electrons. The van der Waals surface area contributed by atoms with Gasteiger partial charge in [0.15, 0.2) is 0 Å². The largest absolute Gasteiger partial charge is 0.271 e. The minimum Gasteiger partial charge on any atom is -0.271 e. The molecule has 0 aliphatic carbocycles. The van der Waals surface area contributed by atoms with Crippen LogP contribution in [0.25, 0.3) is 0 Å². The zero-order valence-electron chi connectivity index (χ0n) is 10.1. The van der Waals surface area contributed by atoms with Crippen molar-refractivity contribution >= 4 is 15.9 Å². The Morgan fingerprint density at radius 1 is 1.44 bits per heavy atom. The van der Waals surface area contributed by atoms with E-state index in [0.29, 0.717) is 0 Å². The van der Waals surface area contributed by atoms with Crippen molar-refractivity contribution in [2.75, 3.05) is 0 Å². The fourth-order valence-electron chi connectivity index (χ4n) is 1.90. The third-order valence-electron chi connectivity index (χ3n) is 2.78. The van der Waals surface area contributed by atoms with Crippen molar-refractivity contribution < 1.29 is 0 Å². The zero-order valence-corrected chi connectivity index (χ0v) is 11.7. The first-order chi connectivity index (χ1) is 8.70. The minimum absolute atomic E-state index is 0.0118. The van der Waals surface area contributed by atoms with Gasteiger partial charge in [-0.3, -0.25) is 21.2 Å². The van der Waals surface area contributed by atoms with E-state index in [4.69, 9.17) is 5.84 Å². The van der Waals surface area contributed by atoms with Crippen LogP contribution < -0.4 is 11.3 Å². The van der Waals surface area contributed by atoms with Gasteiger partial charge in [0, 0.05) is 23.1 Å². The molecule has 1 atom stereocenters. The summed E-state index contributed by atoms with van der Waals surface area (Å²) < 4.78 is 0.966. The standard InChI is InChI=1S/C13H15BrN4/c1-9-3-2-4-17-13(9)12(18-15)6-10-5-11(14)8-16-7-10/h2-5,7-8,12,18H,6,15H2,1H3. The van der Waals surface area contributed by atoms with E-state index in [2.05, 4.69) is 31.3 Å². The molecule has 0 saturated carbocycles. The summed E-state index contributed by atoms with van der Waals surface area (Å²) in [5, 5.41) is 0. The van der Waals surface area contributed by atoms with Crippen LogP contribution in [0.2, 0.25) is 0 Å². The fraction of sp³-hybridized carbons (Fsp3) is 0.231. The van der Waals surface area contributed by atoms with Crippen molar-refractivity contribution in [3.63, 3.8) is 0 Å². The smallest absolute Gasteiger partial charge is 0.0675 e. The molecule has 18 heavy (non-hydrogen) atoms. The van der Waals surface area contributed by atoms with Gasteiger partial charge in [0.25, 0.3) is 0 Å². The summed E-state index contributed by atoms with van der Waals surface area (Å²) in [4.78, 5) is 8.55. The predicted octanol–water partition coefficient (Wildman–Crippen LogP) is 2.29. The second-order valence-corrected chi connectivity index (χ2v) is 5.06. The molecule has 0 fully saturated rings. The van der Waals surface area contributed by atoms with Crippen LogP contribution in [0.4, 0.5) is 0 Å². The van der Waals surface area contributed by atoms with Crippen LogP contribution in [-0.2, 0) is 6.42 Å². The van der Waals surface area contributed by atoms with Gasteiger partial charge in [-0.1, -0.05) is 6.07 Å². The number of hydrogen-bond acceptors (Lipinski definition) is 4. The van der Waals surface area contributed by atoms with Crippen LogP contribution in [0, 0.1) is 6.92 Å². The molecule has 94 valence electrons. The van der Waals surface area contributed by atoms with Gasteiger partial charge in [-0.25, -0.2) is 0 Å². The maximum atomic E-state index is 5.64. The molecule has 0 spiro atoms. The van der Waals surface area contributed by atoms with Gasteiger partial charge in [-0.15, -0.1) is 0 Å². The molecular weight excluding hydrogens is 292 g/mol. The van der Waals surface area contributed by atoms with Gasteiger partial charge in [0.05, 0.1) is 11.7 Å². The average molecular weight is 307 g/mol. The number of hydrogen-bond donors (Lipinski definition) is 2. The molecule has 0 amide bonds. The zero-order chi connectivity index (χ0) is 13.0. The van der Waals surface area contributed by atoms with Crippen molar-refractivity contribution in [3.05, 3.63) is 58.1 Å². The van der Waals surface area contributed by atoms with Crippen LogP contribution in [0.1, 0.15) is 22.9 Å². The lowest BCUT2D eigenvalue weighted by Crippen LogP contribution is -2.30. The number of aromatic nitrogens is 2. The number of halogens is 1. The van der Waals surface area contributed by atoms with Crippen molar-refractivity contribution in [2.45, 2.75) is 19.4 Å². The molecule has 2 heterocycles. The summed E-state index contributed by atoms with van der Waals surface area (Å²) in [7, 11) is 0. The summed E-state index contributed by atoms with van der Waals surface area (Å²) in [6.45, 7) is 2.03. The molecule has 0 aliphatic heterocycles. The fourth-order valence-corrected chi connectivity index (χ4v) is 2.31. The highest BCUT2D eigenvalue weighted by Crippen LogP contribution is 2.20. The molecule has 2 rings (SSSR count). The molecule has 0 saturated heterocycles. The molecule has 3 N–H and O–H groups in total. The third kappa shape index (κ3) is 3.13. The molecule has 2 aromatic heterocycles. The Labute approximate surface area is 115 Å². The van der Waals surface area contributed by atoms with Crippen LogP contribution in [0.5, 0.6) is 0 Å². The van der Waals surface area contributed by atoms with E-state index >= 15 is 0 Å². The van der Waals surface area contributed by atoms with Gasteiger partial charge in [0.1, 0.15) is 0 Å². The highest BCUT2D eigenvalue weighted by molar-refractivity contribution is 9.10. The lowest BCUT2D eigenvalue weighted by molar-refractivity contribution is 0.534. The van der Waals surface area contributed by atoms with Crippen molar-refractivity contribution in [2.24, 2.45) is 5.84 Å². The number of aryl methyl sites for hydroxylation is 1. The second kappa shape index (κ2) is 6.04. The summed E-state index contributed by atoms with van der Waals surface area (Å²) >= 11 is 3.41. The molecule has 4 nitrogen and oxygen atoms in total. The number of rotatable bonds is 4. The van der Waals surface area contributed by atoms with Gasteiger partial charge in [0.2, 0.25) is 0 Å². The normalized spacial score (nSPS) is 12.4. The van der Waals surface area contributed by atoms with Crippen molar-refractivity contribution in [1.82, 2.24) is 15.4 Å². The molecule has 5 heteroatoms.